The number of aromatic nitrogens is 2. The third-order valence-corrected chi connectivity index (χ3v) is 4.13. The van der Waals surface area contributed by atoms with Crippen LogP contribution in [0.3, 0.4) is 0 Å². The molecule has 1 aromatic heterocycles. The summed E-state index contributed by atoms with van der Waals surface area (Å²) in [6.45, 7) is 7.98. The van der Waals surface area contributed by atoms with E-state index in [1.165, 1.54) is 0 Å². The van der Waals surface area contributed by atoms with E-state index in [0.29, 0.717) is 37.9 Å². The van der Waals surface area contributed by atoms with Crippen LogP contribution in [0.5, 0.6) is 5.88 Å². The summed E-state index contributed by atoms with van der Waals surface area (Å²) in [7, 11) is 1.89. The Kier molecular flexibility index (Phi) is 7.25. The van der Waals surface area contributed by atoms with E-state index in [2.05, 4.69) is 22.8 Å². The fraction of sp³-hybridized carbons (Fsp3) is 0.647. The van der Waals surface area contributed by atoms with Crippen LogP contribution in [0.1, 0.15) is 20.8 Å². The van der Waals surface area contributed by atoms with Crippen molar-refractivity contribution in [2.75, 3.05) is 44.7 Å². The minimum atomic E-state index is -0.506. The predicted octanol–water partition coefficient (Wildman–Crippen LogP) is 1.26. The summed E-state index contributed by atoms with van der Waals surface area (Å²) in [5.74, 6) is 1.11. The Labute approximate surface area is 165 Å². The van der Waals surface area contributed by atoms with E-state index in [9.17, 15) is 9.59 Å². The van der Waals surface area contributed by atoms with Gasteiger partial charge in [0.2, 0.25) is 5.88 Å². The fourth-order valence-corrected chi connectivity index (χ4v) is 2.44. The van der Waals surface area contributed by atoms with E-state index in [4.69, 9.17) is 9.47 Å². The molecule has 150 valence electrons. The van der Waals surface area contributed by atoms with Crippen LogP contribution in [-0.4, -0.2) is 83.0 Å². The van der Waals surface area contributed by atoms with Crippen molar-refractivity contribution in [1.82, 2.24) is 19.2 Å². The zero-order chi connectivity index (χ0) is 20.0. The first-order valence-corrected chi connectivity index (χ1v) is 9.13. The molecule has 10 heteroatoms. The Morgan fingerprint density at radius 1 is 1.33 bits per heavy atom. The second-order valence-electron chi connectivity index (χ2n) is 7.34. The lowest BCUT2D eigenvalue weighted by atomic mass is 10.2. The van der Waals surface area contributed by atoms with Gasteiger partial charge in [-0.05, 0) is 20.8 Å². The molecule has 1 amide bonds. The lowest BCUT2D eigenvalue weighted by Crippen LogP contribution is -2.57. The topological polar surface area (TPSA) is 88.1 Å². The number of carbonyl (C=O) groups is 2. The maximum Gasteiger partial charge on any atom is 0.410 e. The first kappa shape index (κ1) is 21.2. The second kappa shape index (κ2) is 9.23. The first-order valence-electron chi connectivity index (χ1n) is 8.73. The second-order valence-corrected chi connectivity index (χ2v) is 7.90. The Bertz CT molecular complexity index is 631. The lowest BCUT2D eigenvalue weighted by molar-refractivity contribution is -0.107. The highest BCUT2D eigenvalue weighted by Gasteiger charge is 2.35. The van der Waals surface area contributed by atoms with Gasteiger partial charge in [-0.2, -0.15) is 0 Å². The van der Waals surface area contributed by atoms with E-state index in [1.54, 1.807) is 21.6 Å². The van der Waals surface area contributed by atoms with Crippen LogP contribution in [0, 0.1) is 0 Å². The number of rotatable bonds is 8. The third-order valence-electron chi connectivity index (χ3n) is 3.77. The van der Waals surface area contributed by atoms with Crippen LogP contribution >= 0.6 is 12.8 Å². The molecule has 1 saturated heterocycles. The van der Waals surface area contributed by atoms with Gasteiger partial charge in [0.05, 0.1) is 32.0 Å². The molecule has 27 heavy (non-hydrogen) atoms. The number of ether oxygens (including phenoxy) is 2. The zero-order valence-electron chi connectivity index (χ0n) is 16.2. The van der Waals surface area contributed by atoms with E-state index in [-0.39, 0.29) is 18.7 Å². The number of carbonyl (C=O) groups excluding carboxylic acids is 2. The fourth-order valence-electron chi connectivity index (χ4n) is 2.28. The lowest BCUT2D eigenvalue weighted by Gasteiger charge is -2.39. The molecule has 0 saturated carbocycles. The number of thiol groups is 1. The van der Waals surface area contributed by atoms with Gasteiger partial charge in [-0.15, -0.1) is 0 Å². The molecule has 9 nitrogen and oxygen atoms in total. The van der Waals surface area contributed by atoms with Gasteiger partial charge >= 0.3 is 6.09 Å². The van der Waals surface area contributed by atoms with Gasteiger partial charge < -0.3 is 24.1 Å². The summed E-state index contributed by atoms with van der Waals surface area (Å²) in [6, 6.07) is 0. The Morgan fingerprint density at radius 2 is 2.04 bits per heavy atom. The van der Waals surface area contributed by atoms with Crippen molar-refractivity contribution in [3.8, 4) is 5.88 Å². The largest absolute Gasteiger partial charge is 0.469 e. The van der Waals surface area contributed by atoms with Crippen LogP contribution in [-0.2, 0) is 9.53 Å². The van der Waals surface area contributed by atoms with Crippen molar-refractivity contribution in [3.05, 3.63) is 12.4 Å². The van der Waals surface area contributed by atoms with Crippen molar-refractivity contribution >= 4 is 31.0 Å². The molecule has 0 N–H and O–H groups in total. The maximum atomic E-state index is 11.9. The average molecular weight is 398 g/mol. The van der Waals surface area contributed by atoms with Gasteiger partial charge in [-0.1, -0.05) is 12.8 Å². The summed E-state index contributed by atoms with van der Waals surface area (Å²) in [4.78, 5) is 34.4. The molecule has 0 spiro atoms. The molecule has 1 aromatic rings. The van der Waals surface area contributed by atoms with Crippen LogP contribution in [0.2, 0.25) is 0 Å². The molecule has 0 aromatic carbocycles. The standard InChI is InChI=1S/C17H27N5O4S/c1-17(2,3)26-16(24)21-11-13(12-21)25-15-10-18-14(9-19-15)20(4)5-6-22(27)7-8-23/h8-10,13,27H,5-7,11-12H2,1-4H3. The van der Waals surface area contributed by atoms with Gasteiger partial charge in [0.25, 0.3) is 0 Å². The molecular formula is C17H27N5O4S. The number of nitrogens with zero attached hydrogens (tertiary/aromatic N) is 5. The minimum absolute atomic E-state index is 0.114. The van der Waals surface area contributed by atoms with E-state index < -0.39 is 5.60 Å². The van der Waals surface area contributed by atoms with E-state index in [1.807, 2.05) is 32.7 Å². The number of likely N-dealkylation sites (tertiary alicyclic amines) is 1. The highest BCUT2D eigenvalue weighted by Crippen LogP contribution is 2.19. The SMILES string of the molecule is CN(CCN(S)CC=O)c1cnc(OC2CN(C(=O)OC(C)(C)C)C2)cn1. The average Bonchev–Trinajstić information content (AvgIpc) is 2.54. The van der Waals surface area contributed by atoms with Crippen LogP contribution in [0.15, 0.2) is 12.4 Å². The monoisotopic (exact) mass is 397 g/mol. The van der Waals surface area contributed by atoms with Crippen LogP contribution < -0.4 is 9.64 Å². The van der Waals surface area contributed by atoms with E-state index in [0.717, 1.165) is 6.29 Å². The molecule has 0 radical (unpaired) electrons. The van der Waals surface area contributed by atoms with Gasteiger partial charge in [0, 0.05) is 20.1 Å². The van der Waals surface area contributed by atoms with Gasteiger partial charge in [0.15, 0.2) is 0 Å². The minimum Gasteiger partial charge on any atom is -0.469 e. The quantitative estimate of drug-likeness (QED) is 0.518. The molecule has 1 fully saturated rings. The van der Waals surface area contributed by atoms with Gasteiger partial charge in [-0.25, -0.2) is 19.1 Å². The molecule has 0 bridgehead atoms. The Hall–Kier alpha value is -2.07. The molecule has 1 aliphatic rings. The molecular weight excluding hydrogens is 370 g/mol. The van der Waals surface area contributed by atoms with Crippen molar-refractivity contribution in [2.45, 2.75) is 32.5 Å². The Morgan fingerprint density at radius 3 is 2.59 bits per heavy atom. The summed E-state index contributed by atoms with van der Waals surface area (Å²) >= 11 is 4.20. The molecule has 1 aliphatic heterocycles. The predicted molar refractivity (Wildman–Crippen MR) is 104 cm³/mol. The molecule has 2 rings (SSSR count). The number of hydrogen-bond donors (Lipinski definition) is 1. The van der Waals surface area contributed by atoms with Crippen molar-refractivity contribution in [1.29, 1.82) is 0 Å². The highest BCUT2D eigenvalue weighted by atomic mass is 32.1. The number of likely N-dealkylation sites (N-methyl/N-ethyl adjacent to an activating group) is 1. The number of amides is 1. The summed E-state index contributed by atoms with van der Waals surface area (Å²) in [5.41, 5.74) is -0.506. The number of anilines is 1. The molecule has 0 aliphatic carbocycles. The van der Waals surface area contributed by atoms with Gasteiger partial charge in [0.1, 0.15) is 23.8 Å². The van der Waals surface area contributed by atoms with Crippen molar-refractivity contribution in [2.24, 2.45) is 0 Å². The summed E-state index contributed by atoms with van der Waals surface area (Å²) < 4.78 is 12.7. The number of aldehydes is 1. The summed E-state index contributed by atoms with van der Waals surface area (Å²) in [6.07, 6.45) is 3.55. The first-order chi connectivity index (χ1) is 12.7. The molecule has 0 atom stereocenters. The third kappa shape index (κ3) is 6.87. The van der Waals surface area contributed by atoms with Crippen LogP contribution in [0.4, 0.5) is 10.6 Å². The van der Waals surface area contributed by atoms with Crippen molar-refractivity contribution < 1.29 is 19.1 Å². The maximum absolute atomic E-state index is 11.9. The number of hydrogen-bond acceptors (Lipinski definition) is 9. The van der Waals surface area contributed by atoms with Gasteiger partial charge in [-0.3, -0.25) is 0 Å². The smallest absolute Gasteiger partial charge is 0.410 e. The van der Waals surface area contributed by atoms with Crippen LogP contribution in [0.25, 0.3) is 0 Å². The Balaban J connectivity index is 1.75. The van der Waals surface area contributed by atoms with Crippen molar-refractivity contribution in [3.63, 3.8) is 0 Å². The summed E-state index contributed by atoms with van der Waals surface area (Å²) in [5, 5.41) is 0. The zero-order valence-corrected chi connectivity index (χ0v) is 17.1. The molecule has 0 unspecified atom stereocenters. The molecule has 2 heterocycles. The highest BCUT2D eigenvalue weighted by molar-refractivity contribution is 7.77. The van der Waals surface area contributed by atoms with E-state index >= 15 is 0 Å². The normalized spacial score (nSPS) is 14.7.